The topological polar surface area (TPSA) is 58.2 Å². The van der Waals surface area contributed by atoms with Gasteiger partial charge in [-0.15, -0.1) is 0 Å². The van der Waals surface area contributed by atoms with E-state index < -0.39 is 0 Å². The van der Waals surface area contributed by atoms with Crippen molar-refractivity contribution in [2.75, 3.05) is 13.1 Å². The van der Waals surface area contributed by atoms with E-state index in [1.165, 1.54) is 12.8 Å². The third-order valence-corrected chi connectivity index (χ3v) is 2.81. The Morgan fingerprint density at radius 1 is 0.647 bits per heavy atom. The Hall–Kier alpha value is 0.576. The first-order valence-electron chi connectivity index (χ1n) is 6.32. The molecule has 5 heteroatoms. The van der Waals surface area contributed by atoms with E-state index >= 15 is 0 Å². The predicted molar refractivity (Wildman–Crippen MR) is 70.1 cm³/mol. The Morgan fingerprint density at radius 3 is 1.47 bits per heavy atom. The molecule has 0 aromatic rings. The van der Waals surface area contributed by atoms with Crippen LogP contribution in [0.25, 0.3) is 0 Å². The van der Waals surface area contributed by atoms with Gasteiger partial charge in [0.05, 0.1) is 0 Å². The van der Waals surface area contributed by atoms with E-state index in [2.05, 4.69) is 10.6 Å². The zero-order valence-electron chi connectivity index (χ0n) is 9.89. The van der Waals surface area contributed by atoms with E-state index in [0.29, 0.717) is 0 Å². The van der Waals surface area contributed by atoms with Gasteiger partial charge in [-0.1, -0.05) is 12.8 Å². The first-order valence-corrected chi connectivity index (χ1v) is 6.32. The molecule has 2 rings (SSSR count). The average molecular weight is 266 g/mol. The van der Waals surface area contributed by atoms with E-state index in [-0.39, 0.29) is 63.2 Å². The third kappa shape index (κ3) is 10.2. The van der Waals surface area contributed by atoms with Crippen LogP contribution < -0.4 is 10.6 Å². The fourth-order valence-electron chi connectivity index (χ4n) is 1.81. The van der Waals surface area contributed by atoms with Gasteiger partial charge in [-0.25, -0.2) is 0 Å². The maximum atomic E-state index is 10.6. The molecule has 0 aromatic heterocycles. The second-order valence-corrected chi connectivity index (χ2v) is 4.32. The van der Waals surface area contributed by atoms with Crippen LogP contribution in [0.4, 0.5) is 0 Å². The predicted octanol–water partition coefficient (Wildman–Crippen LogP) is 0.705. The Bertz CT molecular complexity index is 191. The van der Waals surface area contributed by atoms with E-state index in [1.54, 1.807) is 0 Å². The molecule has 2 aliphatic heterocycles. The fourth-order valence-corrected chi connectivity index (χ4v) is 1.81. The molecular weight excluding hydrogens is 243 g/mol. The third-order valence-electron chi connectivity index (χ3n) is 2.81. The summed E-state index contributed by atoms with van der Waals surface area (Å²) in [5, 5.41) is 5.61. The SMILES string of the molecule is O=C1CCCCCN1.O=C1CCCCCN1.[KH]. The number of nitrogens with one attached hydrogen (secondary N) is 2. The second-order valence-electron chi connectivity index (χ2n) is 4.32. The molecule has 17 heavy (non-hydrogen) atoms. The molecule has 0 aliphatic carbocycles. The van der Waals surface area contributed by atoms with Crippen LogP contribution in [0.3, 0.4) is 0 Å². The van der Waals surface area contributed by atoms with Gasteiger partial charge in [0.25, 0.3) is 0 Å². The summed E-state index contributed by atoms with van der Waals surface area (Å²) in [7, 11) is 0. The number of amides is 2. The molecule has 2 heterocycles. The molecule has 0 saturated carbocycles. The van der Waals surface area contributed by atoms with Gasteiger partial charge < -0.3 is 10.6 Å². The van der Waals surface area contributed by atoms with Crippen LogP contribution in [0.2, 0.25) is 0 Å². The normalized spacial score (nSPS) is 20.5. The molecule has 2 N–H and O–H groups in total. The van der Waals surface area contributed by atoms with E-state index in [0.717, 1.165) is 51.6 Å². The first kappa shape index (κ1) is 17.6. The van der Waals surface area contributed by atoms with E-state index in [9.17, 15) is 9.59 Å². The Labute approximate surface area is 146 Å². The van der Waals surface area contributed by atoms with Crippen LogP contribution in [0.5, 0.6) is 0 Å². The molecule has 2 amide bonds. The molecule has 2 saturated heterocycles. The van der Waals surface area contributed by atoms with Crippen LogP contribution in [0, 0.1) is 0 Å². The monoisotopic (exact) mass is 266 g/mol. The van der Waals surface area contributed by atoms with Gasteiger partial charge in [0.2, 0.25) is 11.8 Å². The molecule has 94 valence electrons. The van der Waals surface area contributed by atoms with Crippen LogP contribution in [0.1, 0.15) is 51.4 Å². The molecule has 2 aliphatic rings. The summed E-state index contributed by atoms with van der Waals surface area (Å²) in [6, 6.07) is 0. The molecule has 2 fully saturated rings. The summed E-state index contributed by atoms with van der Waals surface area (Å²) >= 11 is 0. The molecule has 0 bridgehead atoms. The van der Waals surface area contributed by atoms with E-state index in [1.807, 2.05) is 0 Å². The summed E-state index contributed by atoms with van der Waals surface area (Å²) in [6.07, 6.45) is 8.35. The van der Waals surface area contributed by atoms with Gasteiger partial charge in [-0.3, -0.25) is 9.59 Å². The van der Waals surface area contributed by atoms with Gasteiger partial charge in [0.15, 0.2) is 0 Å². The van der Waals surface area contributed by atoms with Crippen molar-refractivity contribution in [3.63, 3.8) is 0 Å². The molecular formula is C12H23KN2O2. The summed E-state index contributed by atoms with van der Waals surface area (Å²) in [6.45, 7) is 1.78. The van der Waals surface area contributed by atoms with Crippen LogP contribution in [-0.2, 0) is 9.59 Å². The molecule has 0 unspecified atom stereocenters. The summed E-state index contributed by atoms with van der Waals surface area (Å²) in [5.74, 6) is 0.449. The van der Waals surface area contributed by atoms with Crippen molar-refractivity contribution in [3.8, 4) is 0 Å². The van der Waals surface area contributed by atoms with Gasteiger partial charge in [0.1, 0.15) is 0 Å². The number of carbonyl (C=O) groups is 2. The van der Waals surface area contributed by atoms with Crippen LogP contribution >= 0.6 is 0 Å². The van der Waals surface area contributed by atoms with Crippen molar-refractivity contribution >= 4 is 63.2 Å². The minimum absolute atomic E-state index is 0. The van der Waals surface area contributed by atoms with Gasteiger partial charge in [-0.05, 0) is 25.7 Å². The van der Waals surface area contributed by atoms with Gasteiger partial charge in [-0.2, -0.15) is 0 Å². The standard InChI is InChI=1S/2C6H11NO.K.H/c2*8-6-4-2-1-3-5-7-6;;/h2*1-5H2,(H,7,8);;. The van der Waals surface area contributed by atoms with Crippen molar-refractivity contribution in [2.45, 2.75) is 51.4 Å². The van der Waals surface area contributed by atoms with Crippen LogP contribution in [0.15, 0.2) is 0 Å². The number of rotatable bonds is 0. The van der Waals surface area contributed by atoms with Crippen molar-refractivity contribution in [2.24, 2.45) is 0 Å². The van der Waals surface area contributed by atoms with Crippen molar-refractivity contribution in [3.05, 3.63) is 0 Å². The van der Waals surface area contributed by atoms with Gasteiger partial charge >= 0.3 is 51.4 Å². The van der Waals surface area contributed by atoms with Crippen LogP contribution in [-0.4, -0.2) is 76.3 Å². The summed E-state index contributed by atoms with van der Waals surface area (Å²) < 4.78 is 0. The summed E-state index contributed by atoms with van der Waals surface area (Å²) in [5.41, 5.74) is 0. The zero-order valence-corrected chi connectivity index (χ0v) is 9.89. The number of hydrogen-bond donors (Lipinski definition) is 2. The minimum atomic E-state index is 0. The maximum absolute atomic E-state index is 10.6. The molecule has 0 radical (unpaired) electrons. The average Bonchev–Trinajstić information content (AvgIpc) is 2.64. The molecule has 4 nitrogen and oxygen atoms in total. The summed E-state index contributed by atoms with van der Waals surface area (Å²) in [4.78, 5) is 21.1. The number of hydrogen-bond acceptors (Lipinski definition) is 2. The molecule has 0 spiro atoms. The first-order chi connectivity index (χ1) is 7.79. The molecule has 0 aromatic carbocycles. The van der Waals surface area contributed by atoms with Crippen molar-refractivity contribution in [1.29, 1.82) is 0 Å². The van der Waals surface area contributed by atoms with E-state index in [4.69, 9.17) is 0 Å². The molecule has 0 atom stereocenters. The Kier molecular flexibility index (Phi) is 12.0. The van der Waals surface area contributed by atoms with Crippen molar-refractivity contribution in [1.82, 2.24) is 10.6 Å². The van der Waals surface area contributed by atoms with Gasteiger partial charge in [0, 0.05) is 25.9 Å². The number of carbonyl (C=O) groups excluding carboxylic acids is 2. The Morgan fingerprint density at radius 2 is 1.06 bits per heavy atom. The Balaban J connectivity index is 0.000000284. The quantitative estimate of drug-likeness (QED) is 0.634. The zero-order chi connectivity index (χ0) is 11.6. The second kappa shape index (κ2) is 11.7. The van der Waals surface area contributed by atoms with Crippen molar-refractivity contribution < 1.29 is 9.59 Å². The fraction of sp³-hybridized carbons (Fsp3) is 0.833.